The van der Waals surface area contributed by atoms with Gasteiger partial charge in [-0.15, -0.1) is 0 Å². The number of allylic oxidation sites excluding steroid dienone is 1. The molecule has 0 heterocycles. The van der Waals surface area contributed by atoms with Crippen molar-refractivity contribution in [2.75, 3.05) is 0 Å². The molecule has 0 aromatic heterocycles. The van der Waals surface area contributed by atoms with Crippen LogP contribution < -0.4 is 0 Å². The molecule has 0 saturated heterocycles. The molecule has 4 aromatic rings. The molecule has 1 aliphatic rings. The molecule has 30 heavy (non-hydrogen) atoms. The predicted octanol–water partition coefficient (Wildman–Crippen LogP) is 9.17. The Morgan fingerprint density at radius 1 is 0.833 bits per heavy atom. The third-order valence-electron chi connectivity index (χ3n) is 5.85. The molecule has 0 aliphatic heterocycles. The number of benzene rings is 4. The van der Waals surface area contributed by atoms with Crippen LogP contribution in [0.1, 0.15) is 37.3 Å². The van der Waals surface area contributed by atoms with Gasteiger partial charge in [0.15, 0.2) is 0 Å². The molecule has 0 bridgehead atoms. The number of rotatable bonds is 4. The molecule has 0 amide bonds. The molecule has 0 fully saturated rings. The van der Waals surface area contributed by atoms with Crippen LogP contribution in [0.4, 0.5) is 0 Å². The standard InChI is InChI=1S/C27H24.2ClH.Zr/c1-2-3-9-19-16-20-12-8-15-25(26(20)17-19)27-23-13-6-4-10-21(23)18-22-11-5-7-14-24(22)27;;;/h4-8,10-15,17-18H,2-3,9,16H2,1H3;2*1H;/q;;;+2/p-2. The molecule has 0 spiro atoms. The van der Waals surface area contributed by atoms with Gasteiger partial charge in [0, 0.05) is 0 Å². The molecule has 4 aromatic carbocycles. The van der Waals surface area contributed by atoms with Crippen LogP contribution in [0.3, 0.4) is 0 Å². The monoisotopic (exact) mass is 508 g/mol. The zero-order chi connectivity index (χ0) is 20.9. The molecule has 0 saturated carbocycles. The van der Waals surface area contributed by atoms with E-state index in [9.17, 15) is 0 Å². The van der Waals surface area contributed by atoms with Crippen molar-refractivity contribution in [3.8, 4) is 11.1 Å². The third kappa shape index (κ3) is 4.45. The van der Waals surface area contributed by atoms with Gasteiger partial charge in [-0.05, 0) is 69.1 Å². The van der Waals surface area contributed by atoms with Crippen molar-refractivity contribution in [2.45, 2.75) is 32.6 Å². The van der Waals surface area contributed by atoms with Crippen molar-refractivity contribution in [3.05, 3.63) is 89.5 Å². The molecule has 0 N–H and O–H groups in total. The molecule has 1 aliphatic carbocycles. The maximum absolute atomic E-state index is 4.93. The first-order valence-corrected chi connectivity index (χ1v) is 16.8. The summed E-state index contributed by atoms with van der Waals surface area (Å²) in [6.45, 7) is 2.27. The average molecular weight is 511 g/mol. The third-order valence-corrected chi connectivity index (χ3v) is 5.85. The summed E-state index contributed by atoms with van der Waals surface area (Å²) >= 11 is -0.826. The summed E-state index contributed by atoms with van der Waals surface area (Å²) in [5.74, 6) is 0. The van der Waals surface area contributed by atoms with Gasteiger partial charge in [0.2, 0.25) is 0 Å². The van der Waals surface area contributed by atoms with Gasteiger partial charge in [0.25, 0.3) is 0 Å². The fourth-order valence-electron chi connectivity index (χ4n) is 4.52. The number of fused-ring (bicyclic) bond motifs is 3. The zero-order valence-corrected chi connectivity index (χ0v) is 21.1. The molecule has 0 nitrogen and oxygen atoms in total. The van der Waals surface area contributed by atoms with Crippen molar-refractivity contribution in [2.24, 2.45) is 0 Å². The Kier molecular flexibility index (Phi) is 7.47. The average Bonchev–Trinajstić information content (AvgIpc) is 3.20. The van der Waals surface area contributed by atoms with E-state index in [0.29, 0.717) is 0 Å². The van der Waals surface area contributed by atoms with Crippen molar-refractivity contribution in [1.82, 2.24) is 0 Å². The van der Waals surface area contributed by atoms with Crippen LogP contribution in [0.15, 0.2) is 78.4 Å². The summed E-state index contributed by atoms with van der Waals surface area (Å²) in [4.78, 5) is 0. The summed E-state index contributed by atoms with van der Waals surface area (Å²) in [6, 6.07) is 26.8. The summed E-state index contributed by atoms with van der Waals surface area (Å²) in [6.07, 6.45) is 7.35. The van der Waals surface area contributed by atoms with Gasteiger partial charge in [-0.2, -0.15) is 0 Å². The predicted molar refractivity (Wildman–Crippen MR) is 130 cm³/mol. The first-order valence-electron chi connectivity index (χ1n) is 10.4. The van der Waals surface area contributed by atoms with Crippen LogP contribution in [-0.4, -0.2) is 0 Å². The Balaban J connectivity index is 0.000000687. The number of halogens is 2. The first kappa shape index (κ1) is 21.8. The molecule has 0 atom stereocenters. The van der Waals surface area contributed by atoms with Crippen LogP contribution in [-0.2, 0) is 27.3 Å². The van der Waals surface area contributed by atoms with Crippen LogP contribution in [0.5, 0.6) is 0 Å². The zero-order valence-electron chi connectivity index (χ0n) is 17.1. The van der Waals surface area contributed by atoms with Crippen LogP contribution >= 0.6 is 17.0 Å². The van der Waals surface area contributed by atoms with E-state index in [0.717, 1.165) is 6.42 Å². The second kappa shape index (κ2) is 10.3. The van der Waals surface area contributed by atoms with Gasteiger partial charge in [-0.1, -0.05) is 91.7 Å². The van der Waals surface area contributed by atoms with Crippen molar-refractivity contribution < 1.29 is 20.8 Å². The fraction of sp³-hybridized carbons (Fsp3) is 0.185. The molecule has 3 heteroatoms. The van der Waals surface area contributed by atoms with E-state index >= 15 is 0 Å². The second-order valence-electron chi connectivity index (χ2n) is 7.73. The van der Waals surface area contributed by atoms with Crippen molar-refractivity contribution in [1.29, 1.82) is 0 Å². The Labute approximate surface area is 197 Å². The van der Waals surface area contributed by atoms with Crippen LogP contribution in [0, 0.1) is 0 Å². The quantitative estimate of drug-likeness (QED) is 0.240. The number of hydrogen-bond acceptors (Lipinski definition) is 0. The number of hydrogen-bond donors (Lipinski definition) is 0. The molecular weight excluding hydrogens is 486 g/mol. The van der Waals surface area contributed by atoms with E-state index < -0.39 is 20.8 Å². The second-order valence-corrected chi connectivity index (χ2v) is 11.5. The molecule has 5 rings (SSSR count). The molecular formula is C27H24Cl2Zr. The van der Waals surface area contributed by atoms with E-state index in [1.165, 1.54) is 63.1 Å². The normalized spacial score (nSPS) is 12.3. The maximum atomic E-state index is 4.93. The minimum atomic E-state index is -0.826. The van der Waals surface area contributed by atoms with Gasteiger partial charge in [-0.25, -0.2) is 0 Å². The summed E-state index contributed by atoms with van der Waals surface area (Å²) in [7, 11) is 9.87. The van der Waals surface area contributed by atoms with Gasteiger partial charge < -0.3 is 0 Å². The Bertz CT molecular complexity index is 1160. The van der Waals surface area contributed by atoms with Crippen LogP contribution in [0.25, 0.3) is 38.7 Å². The van der Waals surface area contributed by atoms with Crippen molar-refractivity contribution in [3.63, 3.8) is 0 Å². The van der Waals surface area contributed by atoms with E-state index in [-0.39, 0.29) is 0 Å². The van der Waals surface area contributed by atoms with Gasteiger partial charge in [-0.3, -0.25) is 0 Å². The minimum absolute atomic E-state index is 0.826. The van der Waals surface area contributed by atoms with Crippen LogP contribution in [0.2, 0.25) is 0 Å². The SMILES string of the molecule is CCCCC1=Cc2c(cccc2-c2c3ccccc3cc3ccccc23)C1.[Cl][Zr][Cl]. The van der Waals surface area contributed by atoms with Crippen molar-refractivity contribution >= 4 is 44.6 Å². The van der Waals surface area contributed by atoms with Gasteiger partial charge in [0.1, 0.15) is 0 Å². The fourth-order valence-corrected chi connectivity index (χ4v) is 4.52. The Morgan fingerprint density at radius 3 is 2.10 bits per heavy atom. The summed E-state index contributed by atoms with van der Waals surface area (Å²) in [5, 5.41) is 5.33. The molecule has 0 radical (unpaired) electrons. The summed E-state index contributed by atoms with van der Waals surface area (Å²) in [5.41, 5.74) is 7.27. The summed E-state index contributed by atoms with van der Waals surface area (Å²) < 4.78 is 0. The van der Waals surface area contributed by atoms with E-state index in [1.807, 2.05) is 0 Å². The van der Waals surface area contributed by atoms with Gasteiger partial charge in [0.05, 0.1) is 0 Å². The van der Waals surface area contributed by atoms with E-state index in [1.54, 1.807) is 5.57 Å². The Morgan fingerprint density at radius 2 is 1.47 bits per heavy atom. The Hall–Kier alpha value is -1.40. The number of unbranched alkanes of at least 4 members (excludes halogenated alkanes) is 1. The topological polar surface area (TPSA) is 0 Å². The first-order chi connectivity index (χ1) is 14.8. The van der Waals surface area contributed by atoms with E-state index in [2.05, 4.69) is 85.8 Å². The van der Waals surface area contributed by atoms with Gasteiger partial charge >= 0.3 is 37.9 Å². The van der Waals surface area contributed by atoms with E-state index in [4.69, 9.17) is 17.0 Å². The molecule has 150 valence electrons. The molecule has 0 unspecified atom stereocenters.